The van der Waals surface area contributed by atoms with Gasteiger partial charge >= 0.3 is 0 Å². The second kappa shape index (κ2) is 10.2. The van der Waals surface area contributed by atoms with Crippen molar-refractivity contribution in [1.82, 2.24) is 10.2 Å². The number of hydrogen-bond donors (Lipinski definition) is 1. The summed E-state index contributed by atoms with van der Waals surface area (Å²) in [6.07, 6.45) is 0. The van der Waals surface area contributed by atoms with Crippen molar-refractivity contribution in [3.8, 4) is 0 Å². The SMILES string of the molecule is CC(C)C(NC(=O)c1ccccc1Cl)C(=O)N1CCN(c2ccc(Cl)cc2[N+](=O)[O-])CC1. The molecule has 1 aliphatic heterocycles. The van der Waals surface area contributed by atoms with E-state index in [1.54, 1.807) is 41.3 Å². The van der Waals surface area contributed by atoms with Crippen LogP contribution < -0.4 is 10.2 Å². The Morgan fingerprint density at radius 2 is 1.72 bits per heavy atom. The maximum atomic E-state index is 13.2. The molecule has 1 heterocycles. The molecule has 1 N–H and O–H groups in total. The number of anilines is 1. The number of nitrogens with one attached hydrogen (secondary N) is 1. The van der Waals surface area contributed by atoms with Gasteiger partial charge in [0.1, 0.15) is 11.7 Å². The highest BCUT2D eigenvalue weighted by atomic mass is 35.5. The van der Waals surface area contributed by atoms with Crippen LogP contribution in [0.5, 0.6) is 0 Å². The molecule has 0 bridgehead atoms. The zero-order chi connectivity index (χ0) is 23.4. The lowest BCUT2D eigenvalue weighted by Crippen LogP contribution is -2.56. The number of piperazine rings is 1. The van der Waals surface area contributed by atoms with Crippen molar-refractivity contribution in [2.24, 2.45) is 5.92 Å². The van der Waals surface area contributed by atoms with Crippen molar-refractivity contribution in [2.75, 3.05) is 31.1 Å². The number of nitrogens with zero attached hydrogens (tertiary/aromatic N) is 3. The Labute approximate surface area is 196 Å². The third-order valence-corrected chi connectivity index (χ3v) is 5.97. The van der Waals surface area contributed by atoms with Crippen molar-refractivity contribution in [3.63, 3.8) is 0 Å². The number of nitro benzene ring substituents is 1. The summed E-state index contributed by atoms with van der Waals surface area (Å²) in [7, 11) is 0. The van der Waals surface area contributed by atoms with Crippen molar-refractivity contribution in [1.29, 1.82) is 0 Å². The Kier molecular flexibility index (Phi) is 7.58. The van der Waals surface area contributed by atoms with Crippen LogP contribution in [0.25, 0.3) is 0 Å². The highest BCUT2D eigenvalue weighted by Gasteiger charge is 2.32. The van der Waals surface area contributed by atoms with Gasteiger partial charge < -0.3 is 15.1 Å². The summed E-state index contributed by atoms with van der Waals surface area (Å²) < 4.78 is 0. The first-order chi connectivity index (χ1) is 15.2. The molecule has 1 fully saturated rings. The molecule has 1 unspecified atom stereocenters. The molecular formula is C22H24Cl2N4O4. The number of carbonyl (C=O) groups is 2. The van der Waals surface area contributed by atoms with Gasteiger partial charge in [0.25, 0.3) is 11.6 Å². The largest absolute Gasteiger partial charge is 0.362 e. The maximum absolute atomic E-state index is 13.2. The number of rotatable bonds is 6. The molecular weight excluding hydrogens is 455 g/mol. The molecule has 0 spiro atoms. The summed E-state index contributed by atoms with van der Waals surface area (Å²) in [5.41, 5.74) is 0.718. The van der Waals surface area contributed by atoms with Gasteiger partial charge in [-0.2, -0.15) is 0 Å². The lowest BCUT2D eigenvalue weighted by Gasteiger charge is -2.38. The maximum Gasteiger partial charge on any atom is 0.294 e. The molecule has 0 aliphatic carbocycles. The second-order valence-corrected chi connectivity index (χ2v) is 8.72. The van der Waals surface area contributed by atoms with E-state index in [0.29, 0.717) is 47.5 Å². The Bertz CT molecular complexity index is 1020. The zero-order valence-corrected chi connectivity index (χ0v) is 19.3. The predicted molar refractivity (Wildman–Crippen MR) is 124 cm³/mol. The molecule has 10 heteroatoms. The molecule has 8 nitrogen and oxygen atoms in total. The Hall–Kier alpha value is -2.84. The van der Waals surface area contributed by atoms with Crippen LogP contribution in [0.4, 0.5) is 11.4 Å². The standard InChI is InChI=1S/C22H24Cl2N4O4/c1-14(2)20(25-21(29)16-5-3-4-6-17(16)24)22(30)27-11-9-26(10-12-27)18-8-7-15(23)13-19(18)28(31)32/h3-8,13-14,20H,9-12H2,1-2H3,(H,25,29). The average molecular weight is 479 g/mol. The van der Waals surface area contributed by atoms with E-state index in [9.17, 15) is 19.7 Å². The fourth-order valence-electron chi connectivity index (χ4n) is 3.65. The molecule has 0 saturated carbocycles. The van der Waals surface area contributed by atoms with Crippen molar-refractivity contribution < 1.29 is 14.5 Å². The van der Waals surface area contributed by atoms with E-state index in [1.807, 2.05) is 18.7 Å². The van der Waals surface area contributed by atoms with Crippen LogP contribution in [0.15, 0.2) is 42.5 Å². The molecule has 170 valence electrons. The fourth-order valence-corrected chi connectivity index (χ4v) is 4.04. The van der Waals surface area contributed by atoms with Gasteiger partial charge in [0.05, 0.1) is 15.5 Å². The minimum atomic E-state index is -0.713. The quantitative estimate of drug-likeness (QED) is 0.499. The topological polar surface area (TPSA) is 95.8 Å². The van der Waals surface area contributed by atoms with Gasteiger partial charge in [-0.1, -0.05) is 49.2 Å². The number of nitro groups is 1. The van der Waals surface area contributed by atoms with Crippen LogP contribution in [0, 0.1) is 16.0 Å². The molecule has 3 rings (SSSR count). The number of carbonyl (C=O) groups excluding carboxylic acids is 2. The highest BCUT2D eigenvalue weighted by Crippen LogP contribution is 2.31. The van der Waals surface area contributed by atoms with Gasteiger partial charge in [-0.05, 0) is 30.2 Å². The monoisotopic (exact) mass is 478 g/mol. The van der Waals surface area contributed by atoms with Gasteiger partial charge in [-0.25, -0.2) is 0 Å². The highest BCUT2D eigenvalue weighted by molar-refractivity contribution is 6.33. The lowest BCUT2D eigenvalue weighted by molar-refractivity contribution is -0.384. The molecule has 2 amide bonds. The molecule has 1 aliphatic rings. The zero-order valence-electron chi connectivity index (χ0n) is 17.8. The first-order valence-electron chi connectivity index (χ1n) is 10.2. The Morgan fingerprint density at radius 1 is 1.06 bits per heavy atom. The summed E-state index contributed by atoms with van der Waals surface area (Å²) in [6.45, 7) is 5.34. The van der Waals surface area contributed by atoms with E-state index in [0.717, 1.165) is 0 Å². The van der Waals surface area contributed by atoms with E-state index >= 15 is 0 Å². The van der Waals surface area contributed by atoms with E-state index in [-0.39, 0.29) is 17.5 Å². The van der Waals surface area contributed by atoms with Crippen molar-refractivity contribution in [3.05, 3.63) is 68.2 Å². The second-order valence-electron chi connectivity index (χ2n) is 7.88. The smallest absolute Gasteiger partial charge is 0.294 e. The van der Waals surface area contributed by atoms with Gasteiger partial charge in [0, 0.05) is 37.3 Å². The third-order valence-electron chi connectivity index (χ3n) is 5.40. The summed E-state index contributed by atoms with van der Waals surface area (Å²) in [5.74, 6) is -0.729. The number of halogens is 2. The molecule has 1 saturated heterocycles. The van der Waals surface area contributed by atoms with Crippen LogP contribution in [0.2, 0.25) is 10.0 Å². The van der Waals surface area contributed by atoms with E-state index in [4.69, 9.17) is 23.2 Å². The summed E-state index contributed by atoms with van der Waals surface area (Å²) in [4.78, 5) is 40.4. The average Bonchev–Trinajstić information content (AvgIpc) is 2.77. The third kappa shape index (κ3) is 5.31. The number of hydrogen-bond acceptors (Lipinski definition) is 5. The first kappa shape index (κ1) is 23.8. The van der Waals surface area contributed by atoms with E-state index in [1.165, 1.54) is 6.07 Å². The van der Waals surface area contributed by atoms with Gasteiger partial charge in [-0.15, -0.1) is 0 Å². The fraction of sp³-hybridized carbons (Fsp3) is 0.364. The van der Waals surface area contributed by atoms with E-state index < -0.39 is 16.9 Å². The number of benzene rings is 2. The van der Waals surface area contributed by atoms with Crippen LogP contribution in [-0.2, 0) is 4.79 Å². The molecule has 2 aromatic rings. The molecule has 0 radical (unpaired) electrons. The van der Waals surface area contributed by atoms with E-state index in [2.05, 4.69) is 5.32 Å². The minimum absolute atomic E-state index is 0.0654. The first-order valence-corrected chi connectivity index (χ1v) is 11.0. The lowest BCUT2D eigenvalue weighted by atomic mass is 10.0. The molecule has 32 heavy (non-hydrogen) atoms. The van der Waals surface area contributed by atoms with Crippen LogP contribution in [-0.4, -0.2) is 53.9 Å². The summed E-state index contributed by atoms with van der Waals surface area (Å²) in [6, 6.07) is 10.5. The Balaban J connectivity index is 1.69. The predicted octanol–water partition coefficient (Wildman–Crippen LogP) is 4.00. The molecule has 2 aromatic carbocycles. The normalized spacial score (nSPS) is 14.9. The van der Waals surface area contributed by atoms with Gasteiger partial charge in [0.2, 0.25) is 5.91 Å². The van der Waals surface area contributed by atoms with Crippen molar-refractivity contribution in [2.45, 2.75) is 19.9 Å². The van der Waals surface area contributed by atoms with Gasteiger partial charge in [0.15, 0.2) is 0 Å². The van der Waals surface area contributed by atoms with Crippen LogP contribution in [0.1, 0.15) is 24.2 Å². The van der Waals surface area contributed by atoms with Crippen LogP contribution in [0.3, 0.4) is 0 Å². The summed E-state index contributed by atoms with van der Waals surface area (Å²) >= 11 is 12.0. The number of amides is 2. The minimum Gasteiger partial charge on any atom is -0.362 e. The molecule has 1 atom stereocenters. The van der Waals surface area contributed by atoms with Gasteiger partial charge in [-0.3, -0.25) is 19.7 Å². The van der Waals surface area contributed by atoms with Crippen LogP contribution >= 0.6 is 23.2 Å². The van der Waals surface area contributed by atoms with Crippen molar-refractivity contribution >= 4 is 46.4 Å². The summed E-state index contributed by atoms with van der Waals surface area (Å²) in [5, 5.41) is 14.8. The Morgan fingerprint density at radius 3 is 2.31 bits per heavy atom. The molecule has 0 aromatic heterocycles.